The van der Waals surface area contributed by atoms with Crippen LogP contribution in [0.1, 0.15) is 29.3 Å². The molecule has 0 unspecified atom stereocenters. The summed E-state index contributed by atoms with van der Waals surface area (Å²) in [6, 6.07) is 2.10. The number of nitrogens with zero attached hydrogens (tertiary/aromatic N) is 2. The van der Waals surface area contributed by atoms with Crippen LogP contribution in [0.4, 0.5) is 13.2 Å². The van der Waals surface area contributed by atoms with Gasteiger partial charge in [0.2, 0.25) is 5.91 Å². The summed E-state index contributed by atoms with van der Waals surface area (Å²) in [6.07, 6.45) is -1.86. The first-order valence-corrected chi connectivity index (χ1v) is 9.17. The van der Waals surface area contributed by atoms with Crippen LogP contribution in [0.15, 0.2) is 24.4 Å². The molecule has 154 valence electrons. The highest BCUT2D eigenvalue weighted by molar-refractivity contribution is 6.36. The van der Waals surface area contributed by atoms with E-state index >= 15 is 0 Å². The Labute approximate surface area is 174 Å². The standard InChI is InChI=1S/C19H15Cl2F3N2O3/c1-9(10-2-3-13(25-7-10)19(22,23)24)6-14(27)26-5-4-11-12(8-26)16(21)18(29)17(28)15(11)20/h2-3,6-7,28-29H,4-5,8H2,1H3/b9-6+. The van der Waals surface area contributed by atoms with Gasteiger partial charge in [-0.25, -0.2) is 0 Å². The van der Waals surface area contributed by atoms with Crippen LogP contribution in [0.25, 0.3) is 5.57 Å². The molecule has 2 N–H and O–H groups in total. The fraction of sp³-hybridized carbons (Fsp3) is 0.263. The first-order chi connectivity index (χ1) is 13.5. The zero-order valence-electron chi connectivity index (χ0n) is 15.0. The van der Waals surface area contributed by atoms with E-state index in [0.717, 1.165) is 12.3 Å². The summed E-state index contributed by atoms with van der Waals surface area (Å²) in [7, 11) is 0. The largest absolute Gasteiger partial charge is 0.503 e. The number of hydrogen-bond acceptors (Lipinski definition) is 4. The minimum atomic E-state index is -4.53. The summed E-state index contributed by atoms with van der Waals surface area (Å²) in [5.74, 6) is -1.43. The lowest BCUT2D eigenvalue weighted by Crippen LogP contribution is -2.35. The molecule has 29 heavy (non-hydrogen) atoms. The van der Waals surface area contributed by atoms with E-state index in [1.807, 2.05) is 0 Å². The highest BCUT2D eigenvalue weighted by Gasteiger charge is 2.32. The van der Waals surface area contributed by atoms with Crippen molar-refractivity contribution in [1.82, 2.24) is 9.88 Å². The maximum absolute atomic E-state index is 12.6. The number of amides is 1. The molecule has 0 aliphatic carbocycles. The summed E-state index contributed by atoms with van der Waals surface area (Å²) >= 11 is 12.1. The topological polar surface area (TPSA) is 73.7 Å². The Hall–Kier alpha value is -2.45. The van der Waals surface area contributed by atoms with Gasteiger partial charge in [-0.15, -0.1) is 0 Å². The van der Waals surface area contributed by atoms with Crippen LogP contribution in [0.3, 0.4) is 0 Å². The zero-order chi connectivity index (χ0) is 21.5. The number of aromatic hydroxyl groups is 2. The number of phenolic OH excluding ortho intramolecular Hbond substituents is 2. The van der Waals surface area contributed by atoms with Crippen molar-refractivity contribution < 1.29 is 28.2 Å². The van der Waals surface area contributed by atoms with Gasteiger partial charge < -0.3 is 15.1 Å². The lowest BCUT2D eigenvalue weighted by Gasteiger charge is -2.30. The van der Waals surface area contributed by atoms with E-state index < -0.39 is 23.4 Å². The molecule has 0 spiro atoms. The predicted octanol–water partition coefficient (Wildman–Crippen LogP) is 4.81. The molecule has 1 aliphatic rings. The second kappa shape index (κ2) is 7.76. The maximum Gasteiger partial charge on any atom is 0.433 e. The van der Waals surface area contributed by atoms with Gasteiger partial charge in [-0.2, -0.15) is 13.2 Å². The number of alkyl halides is 3. The van der Waals surface area contributed by atoms with E-state index in [2.05, 4.69) is 4.98 Å². The number of hydrogen-bond donors (Lipinski definition) is 2. The van der Waals surface area contributed by atoms with Crippen LogP contribution in [0, 0.1) is 0 Å². The number of allylic oxidation sites excluding steroid dienone is 1. The molecule has 3 rings (SSSR count). The van der Waals surface area contributed by atoms with Crippen molar-refractivity contribution in [3.63, 3.8) is 0 Å². The number of aromatic nitrogens is 1. The molecule has 1 aromatic carbocycles. The molecule has 0 fully saturated rings. The van der Waals surface area contributed by atoms with Gasteiger partial charge in [-0.1, -0.05) is 29.3 Å². The fourth-order valence-corrected chi connectivity index (χ4v) is 3.60. The number of phenols is 2. The van der Waals surface area contributed by atoms with Crippen LogP contribution in [-0.4, -0.2) is 32.5 Å². The van der Waals surface area contributed by atoms with Crippen LogP contribution >= 0.6 is 23.2 Å². The highest BCUT2D eigenvalue weighted by Crippen LogP contribution is 2.46. The van der Waals surface area contributed by atoms with Gasteiger partial charge in [-0.3, -0.25) is 9.78 Å². The number of halogens is 5. The molecular formula is C19H15Cl2F3N2O3. The maximum atomic E-state index is 12.6. The number of carbonyl (C=O) groups excluding carboxylic acids is 1. The van der Waals surface area contributed by atoms with Gasteiger partial charge in [0.25, 0.3) is 0 Å². The van der Waals surface area contributed by atoms with Gasteiger partial charge >= 0.3 is 6.18 Å². The molecule has 0 bridgehead atoms. The Kier molecular flexibility index (Phi) is 5.69. The van der Waals surface area contributed by atoms with E-state index in [0.29, 0.717) is 35.2 Å². The summed E-state index contributed by atoms with van der Waals surface area (Å²) in [5.41, 5.74) is 0.812. The van der Waals surface area contributed by atoms with Crippen molar-refractivity contribution in [3.05, 3.63) is 56.8 Å². The second-order valence-corrected chi connectivity index (χ2v) is 7.31. The van der Waals surface area contributed by atoms with E-state index in [1.54, 1.807) is 6.92 Å². The van der Waals surface area contributed by atoms with Crippen molar-refractivity contribution in [2.75, 3.05) is 6.54 Å². The fourth-order valence-electron chi connectivity index (χ4n) is 3.04. The zero-order valence-corrected chi connectivity index (χ0v) is 16.5. The van der Waals surface area contributed by atoms with Crippen LogP contribution in [0.5, 0.6) is 11.5 Å². The Morgan fingerprint density at radius 2 is 1.79 bits per heavy atom. The van der Waals surface area contributed by atoms with Gasteiger partial charge in [0.15, 0.2) is 11.5 Å². The molecule has 0 saturated carbocycles. The van der Waals surface area contributed by atoms with E-state index in [1.165, 1.54) is 17.0 Å². The van der Waals surface area contributed by atoms with Crippen molar-refractivity contribution >= 4 is 34.7 Å². The van der Waals surface area contributed by atoms with Crippen molar-refractivity contribution in [3.8, 4) is 11.5 Å². The molecule has 5 nitrogen and oxygen atoms in total. The summed E-state index contributed by atoms with van der Waals surface area (Å²) in [5, 5.41) is 19.6. The van der Waals surface area contributed by atoms with Crippen molar-refractivity contribution in [2.24, 2.45) is 0 Å². The van der Waals surface area contributed by atoms with Crippen molar-refractivity contribution in [2.45, 2.75) is 26.1 Å². The monoisotopic (exact) mass is 446 g/mol. The molecule has 1 aromatic heterocycles. The Bertz CT molecular complexity index is 1010. The van der Waals surface area contributed by atoms with Gasteiger partial charge in [-0.05, 0) is 41.7 Å². The first-order valence-electron chi connectivity index (χ1n) is 8.42. The normalized spacial score (nSPS) is 14.7. The molecule has 0 saturated heterocycles. The summed E-state index contributed by atoms with van der Waals surface area (Å²) in [4.78, 5) is 17.5. The SMILES string of the molecule is C/C(=C\C(=O)N1CCc2c(Cl)c(O)c(O)c(Cl)c2C1)c1ccc(C(F)(F)F)nc1. The summed E-state index contributed by atoms with van der Waals surface area (Å²) < 4.78 is 37.9. The molecule has 2 heterocycles. The van der Waals surface area contributed by atoms with E-state index in [4.69, 9.17) is 23.2 Å². The molecular weight excluding hydrogens is 432 g/mol. The average Bonchev–Trinajstić information content (AvgIpc) is 2.69. The Morgan fingerprint density at radius 1 is 1.17 bits per heavy atom. The Morgan fingerprint density at radius 3 is 2.34 bits per heavy atom. The van der Waals surface area contributed by atoms with Crippen LogP contribution in [-0.2, 0) is 23.9 Å². The number of carbonyl (C=O) groups is 1. The molecule has 10 heteroatoms. The molecule has 0 atom stereocenters. The lowest BCUT2D eigenvalue weighted by atomic mass is 9.98. The van der Waals surface area contributed by atoms with Gasteiger partial charge in [0, 0.05) is 25.4 Å². The number of pyridine rings is 1. The smallest absolute Gasteiger partial charge is 0.433 e. The number of fused-ring (bicyclic) bond motifs is 1. The first kappa shape index (κ1) is 21.3. The molecule has 1 amide bonds. The highest BCUT2D eigenvalue weighted by atomic mass is 35.5. The molecule has 0 radical (unpaired) electrons. The number of benzene rings is 1. The van der Waals surface area contributed by atoms with Gasteiger partial charge in [0.05, 0.1) is 10.0 Å². The predicted molar refractivity (Wildman–Crippen MR) is 102 cm³/mol. The lowest BCUT2D eigenvalue weighted by molar-refractivity contribution is -0.141. The average molecular weight is 447 g/mol. The third kappa shape index (κ3) is 4.13. The third-order valence-electron chi connectivity index (χ3n) is 4.68. The minimum absolute atomic E-state index is 0.00319. The van der Waals surface area contributed by atoms with Crippen LogP contribution < -0.4 is 0 Å². The van der Waals surface area contributed by atoms with E-state index in [9.17, 15) is 28.2 Å². The quantitative estimate of drug-likeness (QED) is 0.512. The van der Waals surface area contributed by atoms with Crippen molar-refractivity contribution in [1.29, 1.82) is 0 Å². The Balaban J connectivity index is 1.82. The summed E-state index contributed by atoms with van der Waals surface area (Å²) in [6.45, 7) is 1.95. The van der Waals surface area contributed by atoms with Crippen LogP contribution in [0.2, 0.25) is 10.0 Å². The van der Waals surface area contributed by atoms with Gasteiger partial charge in [0.1, 0.15) is 5.69 Å². The van der Waals surface area contributed by atoms with E-state index in [-0.39, 0.29) is 22.5 Å². The molecule has 2 aromatic rings. The number of rotatable bonds is 2. The minimum Gasteiger partial charge on any atom is -0.503 e. The third-order valence-corrected chi connectivity index (χ3v) is 5.49. The second-order valence-electron chi connectivity index (χ2n) is 6.55. The molecule has 1 aliphatic heterocycles.